The molecule has 124 valence electrons. The van der Waals surface area contributed by atoms with E-state index in [0.29, 0.717) is 21.6 Å². The zero-order valence-corrected chi connectivity index (χ0v) is 14.1. The number of rotatable bonds is 2. The Morgan fingerprint density at radius 3 is 2.52 bits per heavy atom. The first-order valence-corrected chi connectivity index (χ1v) is 7.83. The highest BCUT2D eigenvalue weighted by atomic mass is 35.5. The first-order valence-electron chi connectivity index (χ1n) is 7.08. The SMILES string of the molecule is O=C(C#Cc1c(C(=O)O)[nH]c2cc(Cl)cc(Cl)c12)Nc1ccccc1. The Morgan fingerprint density at radius 1 is 1.12 bits per heavy atom. The molecule has 25 heavy (non-hydrogen) atoms. The summed E-state index contributed by atoms with van der Waals surface area (Å²) in [6.45, 7) is 0. The van der Waals surface area contributed by atoms with Crippen LogP contribution in [0.25, 0.3) is 10.9 Å². The fraction of sp³-hybridized carbons (Fsp3) is 0. The summed E-state index contributed by atoms with van der Waals surface area (Å²) in [6, 6.07) is 11.8. The monoisotopic (exact) mass is 372 g/mol. The summed E-state index contributed by atoms with van der Waals surface area (Å²) in [6.07, 6.45) is 0. The average molecular weight is 373 g/mol. The molecule has 0 fully saturated rings. The maximum absolute atomic E-state index is 12.0. The number of aromatic carboxylic acids is 1. The van der Waals surface area contributed by atoms with E-state index in [-0.39, 0.29) is 16.3 Å². The van der Waals surface area contributed by atoms with Gasteiger partial charge >= 0.3 is 11.9 Å². The summed E-state index contributed by atoms with van der Waals surface area (Å²) in [7, 11) is 0. The van der Waals surface area contributed by atoms with E-state index in [9.17, 15) is 14.7 Å². The van der Waals surface area contributed by atoms with Gasteiger partial charge in [0.25, 0.3) is 0 Å². The van der Waals surface area contributed by atoms with Crippen LogP contribution in [0.5, 0.6) is 0 Å². The van der Waals surface area contributed by atoms with Gasteiger partial charge in [0.1, 0.15) is 5.69 Å². The number of anilines is 1. The maximum Gasteiger partial charge on any atom is 0.353 e. The second kappa shape index (κ2) is 6.89. The molecule has 0 aliphatic rings. The lowest BCUT2D eigenvalue weighted by Gasteiger charge is -1.99. The predicted molar refractivity (Wildman–Crippen MR) is 97.2 cm³/mol. The van der Waals surface area contributed by atoms with Crippen molar-refractivity contribution in [1.29, 1.82) is 0 Å². The molecule has 0 radical (unpaired) electrons. The largest absolute Gasteiger partial charge is 0.477 e. The smallest absolute Gasteiger partial charge is 0.353 e. The van der Waals surface area contributed by atoms with E-state index in [1.165, 1.54) is 6.07 Å². The number of aromatic amines is 1. The van der Waals surface area contributed by atoms with Crippen LogP contribution in [0.3, 0.4) is 0 Å². The summed E-state index contributed by atoms with van der Waals surface area (Å²) < 4.78 is 0. The Bertz CT molecular complexity index is 1050. The zero-order chi connectivity index (χ0) is 18.0. The highest BCUT2D eigenvalue weighted by Gasteiger charge is 2.18. The molecule has 0 saturated heterocycles. The number of hydrogen-bond acceptors (Lipinski definition) is 2. The van der Waals surface area contributed by atoms with Crippen LogP contribution in [0.4, 0.5) is 5.69 Å². The number of carbonyl (C=O) groups is 2. The van der Waals surface area contributed by atoms with Crippen molar-refractivity contribution < 1.29 is 14.7 Å². The van der Waals surface area contributed by atoms with Crippen LogP contribution in [0.2, 0.25) is 10.0 Å². The number of halogens is 2. The molecular weight excluding hydrogens is 363 g/mol. The summed E-state index contributed by atoms with van der Waals surface area (Å²) in [5.41, 5.74) is 0.998. The van der Waals surface area contributed by atoms with Gasteiger partial charge in [-0.3, -0.25) is 4.79 Å². The minimum Gasteiger partial charge on any atom is -0.477 e. The third kappa shape index (κ3) is 3.61. The predicted octanol–water partition coefficient (Wildman–Crippen LogP) is 4.16. The molecule has 0 atom stereocenters. The van der Waals surface area contributed by atoms with Crippen molar-refractivity contribution in [1.82, 2.24) is 4.98 Å². The van der Waals surface area contributed by atoms with Gasteiger partial charge in [-0.25, -0.2) is 4.79 Å². The van der Waals surface area contributed by atoms with Crippen molar-refractivity contribution >= 4 is 51.7 Å². The minimum atomic E-state index is -1.21. The standard InChI is InChI=1S/C18H10Cl2N2O3/c19-10-8-13(20)16-12(17(18(24)25)22-14(16)9-10)6-7-15(23)21-11-4-2-1-3-5-11/h1-5,8-9,22H,(H,21,23)(H,24,25). The Balaban J connectivity index is 2.02. The lowest BCUT2D eigenvalue weighted by atomic mass is 10.1. The van der Waals surface area contributed by atoms with Crippen molar-refractivity contribution in [2.24, 2.45) is 0 Å². The highest BCUT2D eigenvalue weighted by molar-refractivity contribution is 6.39. The second-order valence-electron chi connectivity index (χ2n) is 5.06. The Kier molecular flexibility index (Phi) is 4.66. The van der Waals surface area contributed by atoms with Crippen LogP contribution < -0.4 is 5.32 Å². The number of carboxylic acid groups (broad SMARTS) is 1. The van der Waals surface area contributed by atoms with Crippen molar-refractivity contribution in [2.75, 3.05) is 5.32 Å². The molecule has 0 aliphatic heterocycles. The average Bonchev–Trinajstić information content (AvgIpc) is 2.93. The summed E-state index contributed by atoms with van der Waals surface area (Å²) in [4.78, 5) is 26.1. The third-order valence-electron chi connectivity index (χ3n) is 3.36. The molecular formula is C18H10Cl2N2O3. The number of fused-ring (bicyclic) bond motifs is 1. The van der Waals surface area contributed by atoms with E-state index < -0.39 is 11.9 Å². The molecule has 3 N–H and O–H groups in total. The lowest BCUT2D eigenvalue weighted by Crippen LogP contribution is -2.08. The number of H-pyrrole nitrogens is 1. The van der Waals surface area contributed by atoms with Crippen molar-refractivity contribution in [3.8, 4) is 11.8 Å². The van der Waals surface area contributed by atoms with E-state index in [0.717, 1.165) is 0 Å². The van der Waals surface area contributed by atoms with Crippen molar-refractivity contribution in [2.45, 2.75) is 0 Å². The molecule has 1 aromatic heterocycles. The van der Waals surface area contributed by atoms with Crippen LogP contribution in [-0.4, -0.2) is 22.0 Å². The first-order chi connectivity index (χ1) is 12.0. The van der Waals surface area contributed by atoms with Gasteiger partial charge in [-0.2, -0.15) is 0 Å². The van der Waals surface area contributed by atoms with Crippen LogP contribution >= 0.6 is 23.2 Å². The summed E-state index contributed by atoms with van der Waals surface area (Å²) in [5.74, 6) is 3.20. The van der Waals surface area contributed by atoms with E-state index in [2.05, 4.69) is 22.1 Å². The number of carbonyl (C=O) groups excluding carboxylic acids is 1. The fourth-order valence-electron chi connectivity index (χ4n) is 2.34. The van der Waals surface area contributed by atoms with Crippen molar-refractivity contribution in [3.63, 3.8) is 0 Å². The van der Waals surface area contributed by atoms with E-state index in [1.807, 2.05) is 6.07 Å². The Morgan fingerprint density at radius 2 is 1.84 bits per heavy atom. The zero-order valence-electron chi connectivity index (χ0n) is 12.6. The first kappa shape index (κ1) is 16.9. The fourth-order valence-corrected chi connectivity index (χ4v) is 2.92. The van der Waals surface area contributed by atoms with Gasteiger partial charge in [-0.15, -0.1) is 0 Å². The van der Waals surface area contributed by atoms with Gasteiger partial charge in [0.15, 0.2) is 0 Å². The van der Waals surface area contributed by atoms with E-state index in [1.54, 1.807) is 30.3 Å². The van der Waals surface area contributed by atoms with Gasteiger partial charge in [0, 0.05) is 22.0 Å². The number of hydrogen-bond donors (Lipinski definition) is 3. The van der Waals surface area contributed by atoms with E-state index in [4.69, 9.17) is 23.2 Å². The third-order valence-corrected chi connectivity index (χ3v) is 3.88. The van der Waals surface area contributed by atoms with E-state index >= 15 is 0 Å². The number of carboxylic acids is 1. The molecule has 3 aromatic rings. The van der Waals surface area contributed by atoms with Crippen molar-refractivity contribution in [3.05, 3.63) is 63.8 Å². The summed E-state index contributed by atoms with van der Waals surface area (Å²) >= 11 is 12.1. The highest BCUT2D eigenvalue weighted by Crippen LogP contribution is 2.32. The number of amides is 1. The minimum absolute atomic E-state index is 0.132. The number of aromatic nitrogens is 1. The van der Waals surface area contributed by atoms with Gasteiger partial charge in [0.2, 0.25) is 0 Å². The molecule has 5 nitrogen and oxygen atoms in total. The van der Waals surface area contributed by atoms with Gasteiger partial charge < -0.3 is 15.4 Å². The maximum atomic E-state index is 12.0. The molecule has 0 aliphatic carbocycles. The number of para-hydroxylation sites is 1. The van der Waals surface area contributed by atoms with Gasteiger partial charge in [0.05, 0.1) is 16.1 Å². The Hall–Kier alpha value is -2.94. The second-order valence-corrected chi connectivity index (χ2v) is 5.90. The van der Waals surface area contributed by atoms with Crippen LogP contribution in [0.1, 0.15) is 16.1 Å². The quantitative estimate of drug-likeness (QED) is 0.590. The van der Waals surface area contributed by atoms with Gasteiger partial charge in [-0.05, 0) is 24.3 Å². The Labute approximate surface area is 152 Å². The molecule has 1 heterocycles. The van der Waals surface area contributed by atoms with Gasteiger partial charge in [-0.1, -0.05) is 47.3 Å². The number of benzene rings is 2. The van der Waals surface area contributed by atoms with Crippen LogP contribution in [0.15, 0.2) is 42.5 Å². The van der Waals surface area contributed by atoms with Crippen LogP contribution in [0, 0.1) is 11.8 Å². The number of nitrogens with one attached hydrogen (secondary N) is 2. The summed E-state index contributed by atoms with van der Waals surface area (Å²) in [5, 5.41) is 13.0. The molecule has 0 saturated carbocycles. The molecule has 7 heteroatoms. The van der Waals surface area contributed by atoms with Crippen LogP contribution in [-0.2, 0) is 4.79 Å². The molecule has 0 spiro atoms. The molecule has 0 unspecified atom stereocenters. The lowest BCUT2D eigenvalue weighted by molar-refractivity contribution is -0.111. The normalized spacial score (nSPS) is 10.2. The molecule has 1 amide bonds. The molecule has 2 aromatic carbocycles. The molecule has 3 rings (SSSR count). The molecule has 0 bridgehead atoms. The topological polar surface area (TPSA) is 82.2 Å².